The monoisotopic (exact) mass is 336 g/mol. The average molecular weight is 336 g/mol. The number of ether oxygens (including phenoxy) is 1. The molecular weight excluding hydrogens is 319 g/mol. The molecular formula is C16H17FN2O3S. The summed E-state index contributed by atoms with van der Waals surface area (Å²) in [6.45, 7) is 1.82. The van der Waals surface area contributed by atoms with Crippen LogP contribution in [0.4, 0.5) is 4.39 Å². The van der Waals surface area contributed by atoms with Gasteiger partial charge in [0.25, 0.3) is 0 Å². The molecule has 0 fully saturated rings. The fourth-order valence-electron chi connectivity index (χ4n) is 2.53. The number of benzene rings is 2. The minimum atomic E-state index is -3.73. The first-order valence-corrected chi connectivity index (χ1v) is 8.62. The molecule has 0 bridgehead atoms. The van der Waals surface area contributed by atoms with Gasteiger partial charge in [-0.25, -0.2) is 17.5 Å². The summed E-state index contributed by atoms with van der Waals surface area (Å²) >= 11 is 0. The van der Waals surface area contributed by atoms with E-state index >= 15 is 0 Å². The highest BCUT2D eigenvalue weighted by Crippen LogP contribution is 2.22. The molecule has 2 aromatic carbocycles. The predicted molar refractivity (Wildman–Crippen MR) is 84.0 cm³/mol. The molecule has 0 amide bonds. The third-order valence-electron chi connectivity index (χ3n) is 3.80. The number of rotatable bonds is 5. The van der Waals surface area contributed by atoms with E-state index in [2.05, 4.69) is 10.0 Å². The van der Waals surface area contributed by atoms with Gasteiger partial charge in [0.1, 0.15) is 0 Å². The molecule has 3 rings (SSSR count). The van der Waals surface area contributed by atoms with Crippen molar-refractivity contribution in [3.05, 3.63) is 58.9 Å². The Hall–Kier alpha value is -1.96. The van der Waals surface area contributed by atoms with Crippen molar-refractivity contribution in [2.45, 2.75) is 24.5 Å². The van der Waals surface area contributed by atoms with E-state index < -0.39 is 15.8 Å². The van der Waals surface area contributed by atoms with E-state index in [0.29, 0.717) is 0 Å². The van der Waals surface area contributed by atoms with Crippen LogP contribution in [0.3, 0.4) is 0 Å². The Labute approximate surface area is 134 Å². The molecule has 1 aliphatic rings. The van der Waals surface area contributed by atoms with E-state index in [0.717, 1.165) is 24.7 Å². The maximum Gasteiger partial charge on any atom is 0.241 e. The second-order valence-corrected chi connectivity index (χ2v) is 7.09. The molecule has 0 aliphatic carbocycles. The highest BCUT2D eigenvalue weighted by molar-refractivity contribution is 7.89. The van der Waals surface area contributed by atoms with Crippen molar-refractivity contribution >= 4 is 10.0 Å². The fourth-order valence-corrected chi connectivity index (χ4v) is 3.56. The topological polar surface area (TPSA) is 67.4 Å². The lowest BCUT2D eigenvalue weighted by Crippen LogP contribution is -2.23. The number of sulfonamides is 1. The van der Waals surface area contributed by atoms with E-state index in [1.54, 1.807) is 0 Å². The lowest BCUT2D eigenvalue weighted by Gasteiger charge is -2.09. The Morgan fingerprint density at radius 1 is 1.17 bits per heavy atom. The lowest BCUT2D eigenvalue weighted by atomic mass is 10.1. The number of hydrogen-bond donors (Lipinski definition) is 2. The Balaban J connectivity index is 1.76. The highest BCUT2D eigenvalue weighted by Gasteiger charge is 2.17. The van der Waals surface area contributed by atoms with Crippen LogP contribution in [0.2, 0.25) is 0 Å². The van der Waals surface area contributed by atoms with Crippen molar-refractivity contribution in [2.75, 3.05) is 7.11 Å². The van der Waals surface area contributed by atoms with Crippen LogP contribution in [0.5, 0.6) is 5.75 Å². The van der Waals surface area contributed by atoms with Crippen LogP contribution in [0, 0.1) is 5.82 Å². The summed E-state index contributed by atoms with van der Waals surface area (Å²) in [7, 11) is -2.44. The Bertz CT molecular complexity index is 837. The fraction of sp³-hybridized carbons (Fsp3) is 0.250. The minimum Gasteiger partial charge on any atom is -0.494 e. The summed E-state index contributed by atoms with van der Waals surface area (Å²) in [6.07, 6.45) is 0. The van der Waals surface area contributed by atoms with Crippen LogP contribution in [0.1, 0.15) is 16.7 Å². The first kappa shape index (κ1) is 15.9. The molecule has 0 unspecified atom stereocenters. The molecule has 122 valence electrons. The zero-order chi connectivity index (χ0) is 16.4. The van der Waals surface area contributed by atoms with E-state index in [-0.39, 0.29) is 17.2 Å². The summed E-state index contributed by atoms with van der Waals surface area (Å²) in [5.74, 6) is -0.700. The Morgan fingerprint density at radius 3 is 2.74 bits per heavy atom. The minimum absolute atomic E-state index is 0.0291. The maximum atomic E-state index is 13.4. The van der Waals surface area contributed by atoms with Gasteiger partial charge in [0.2, 0.25) is 10.0 Å². The van der Waals surface area contributed by atoms with Crippen molar-refractivity contribution in [3.8, 4) is 5.75 Å². The van der Waals surface area contributed by atoms with Gasteiger partial charge in [-0.2, -0.15) is 0 Å². The summed E-state index contributed by atoms with van der Waals surface area (Å²) in [4.78, 5) is -0.0291. The summed E-state index contributed by atoms with van der Waals surface area (Å²) < 4.78 is 45.4. The van der Waals surface area contributed by atoms with Crippen LogP contribution in [0.15, 0.2) is 41.3 Å². The molecule has 0 radical (unpaired) electrons. The van der Waals surface area contributed by atoms with Crippen LogP contribution >= 0.6 is 0 Å². The van der Waals surface area contributed by atoms with E-state index in [9.17, 15) is 12.8 Å². The van der Waals surface area contributed by atoms with Gasteiger partial charge in [0.15, 0.2) is 11.6 Å². The smallest absolute Gasteiger partial charge is 0.241 e. The van der Waals surface area contributed by atoms with Crippen molar-refractivity contribution in [1.82, 2.24) is 10.0 Å². The highest BCUT2D eigenvalue weighted by atomic mass is 32.2. The Kier molecular flexibility index (Phi) is 4.34. The van der Waals surface area contributed by atoms with Gasteiger partial charge in [-0.05, 0) is 28.8 Å². The average Bonchev–Trinajstić information content (AvgIpc) is 3.01. The molecule has 1 aliphatic heterocycles. The van der Waals surface area contributed by atoms with Crippen LogP contribution in [-0.2, 0) is 29.7 Å². The zero-order valence-electron chi connectivity index (χ0n) is 12.6. The number of nitrogens with one attached hydrogen (secondary N) is 2. The lowest BCUT2D eigenvalue weighted by molar-refractivity contribution is 0.385. The van der Waals surface area contributed by atoms with Crippen LogP contribution in [0.25, 0.3) is 0 Å². The van der Waals surface area contributed by atoms with Crippen LogP contribution < -0.4 is 14.8 Å². The van der Waals surface area contributed by atoms with Crippen LogP contribution in [-0.4, -0.2) is 15.5 Å². The van der Waals surface area contributed by atoms with Gasteiger partial charge in [-0.15, -0.1) is 0 Å². The molecule has 23 heavy (non-hydrogen) atoms. The zero-order valence-corrected chi connectivity index (χ0v) is 13.4. The molecule has 1 heterocycles. The molecule has 2 N–H and O–H groups in total. The normalized spacial score (nSPS) is 13.8. The maximum absolute atomic E-state index is 13.4. The summed E-state index contributed by atoms with van der Waals surface area (Å²) in [5.41, 5.74) is 3.30. The molecule has 0 spiro atoms. The van der Waals surface area contributed by atoms with Gasteiger partial charge >= 0.3 is 0 Å². The van der Waals surface area contributed by atoms with Gasteiger partial charge in [-0.3, -0.25) is 0 Å². The Morgan fingerprint density at radius 2 is 1.96 bits per heavy atom. The van der Waals surface area contributed by atoms with Gasteiger partial charge < -0.3 is 10.1 Å². The standard InChI is InChI=1S/C16H17FN2O3S/c1-22-16-7-14(4-5-15(16)17)23(20,21)19-8-11-2-3-12-9-18-10-13(12)6-11/h2-7,18-19H,8-10H2,1H3. The number of methoxy groups -OCH3 is 1. The second-order valence-electron chi connectivity index (χ2n) is 5.33. The van der Waals surface area contributed by atoms with E-state index in [4.69, 9.17) is 4.74 Å². The van der Waals surface area contributed by atoms with Crippen molar-refractivity contribution in [3.63, 3.8) is 0 Å². The van der Waals surface area contributed by atoms with Crippen molar-refractivity contribution < 1.29 is 17.5 Å². The van der Waals surface area contributed by atoms with Gasteiger partial charge in [0.05, 0.1) is 12.0 Å². The molecule has 5 nitrogen and oxygen atoms in total. The first-order valence-electron chi connectivity index (χ1n) is 7.14. The van der Waals surface area contributed by atoms with Gasteiger partial charge in [-0.1, -0.05) is 18.2 Å². The SMILES string of the molecule is COc1cc(S(=O)(=O)NCc2ccc3c(c2)CNC3)ccc1F. The first-order chi connectivity index (χ1) is 11.0. The van der Waals surface area contributed by atoms with Crippen molar-refractivity contribution in [1.29, 1.82) is 0 Å². The largest absolute Gasteiger partial charge is 0.494 e. The van der Waals surface area contributed by atoms with Crippen molar-refractivity contribution in [2.24, 2.45) is 0 Å². The van der Waals surface area contributed by atoms with E-state index in [1.807, 2.05) is 18.2 Å². The molecule has 7 heteroatoms. The predicted octanol–water partition coefficient (Wildman–Crippen LogP) is 1.92. The molecule has 0 saturated carbocycles. The number of halogens is 1. The number of hydrogen-bond acceptors (Lipinski definition) is 4. The molecule has 0 atom stereocenters. The van der Waals surface area contributed by atoms with E-state index in [1.165, 1.54) is 30.4 Å². The summed E-state index contributed by atoms with van der Waals surface area (Å²) in [5, 5.41) is 3.24. The number of fused-ring (bicyclic) bond motifs is 1. The third kappa shape index (κ3) is 3.36. The molecule has 2 aromatic rings. The molecule has 0 aromatic heterocycles. The summed E-state index contributed by atoms with van der Waals surface area (Å²) in [6, 6.07) is 9.36. The molecule has 0 saturated heterocycles. The third-order valence-corrected chi connectivity index (χ3v) is 5.20. The van der Waals surface area contributed by atoms with Gasteiger partial charge in [0, 0.05) is 25.7 Å². The second kappa shape index (κ2) is 6.27. The quantitative estimate of drug-likeness (QED) is 0.875.